The molecule has 0 atom stereocenters. The molecule has 1 aliphatic rings. The fraction of sp³-hybridized carbons (Fsp3) is 0.462. The molecule has 1 aromatic carbocycles. The van der Waals surface area contributed by atoms with Gasteiger partial charge in [0.05, 0.1) is 5.69 Å². The van der Waals surface area contributed by atoms with Gasteiger partial charge in [0, 0.05) is 6.04 Å². The second-order valence-corrected chi connectivity index (χ2v) is 7.02. The van der Waals surface area contributed by atoms with Crippen LogP contribution in [0.3, 0.4) is 0 Å². The summed E-state index contributed by atoms with van der Waals surface area (Å²) in [6.45, 7) is 7.34. The molecule has 0 saturated carbocycles. The first-order chi connectivity index (χ1) is 8.75. The predicted molar refractivity (Wildman–Crippen MR) is 73.7 cm³/mol. The molecular formula is C13H18N2O3S. The van der Waals surface area contributed by atoms with Gasteiger partial charge in [-0.3, -0.25) is 0 Å². The molecule has 1 aromatic rings. The molecular weight excluding hydrogens is 264 g/mol. The lowest BCUT2D eigenvalue weighted by Gasteiger charge is -2.31. The van der Waals surface area contributed by atoms with E-state index in [0.29, 0.717) is 5.69 Å². The molecule has 0 aromatic heterocycles. The number of benzene rings is 1. The number of fused-ring (bicyclic) bond motifs is 1. The van der Waals surface area contributed by atoms with Crippen molar-refractivity contribution in [2.75, 3.05) is 5.32 Å². The standard InChI is InChI=1S/C13H18N2O3S/c1-8(2)10-5-6-11-12(7-10)19(17,18)15(9(3)4)13(16)14-11/h5-9H,1-4H3,(H,14,16). The predicted octanol–water partition coefficient (Wildman–Crippen LogP) is 2.75. The molecule has 1 N–H and O–H groups in total. The van der Waals surface area contributed by atoms with Crippen LogP contribution in [0.25, 0.3) is 0 Å². The maximum absolute atomic E-state index is 12.5. The van der Waals surface area contributed by atoms with Crippen LogP contribution < -0.4 is 5.32 Å². The Kier molecular flexibility index (Phi) is 3.30. The van der Waals surface area contributed by atoms with Crippen molar-refractivity contribution in [1.29, 1.82) is 0 Å². The van der Waals surface area contributed by atoms with Gasteiger partial charge in [-0.2, -0.15) is 0 Å². The molecule has 1 heterocycles. The second kappa shape index (κ2) is 4.52. The lowest BCUT2D eigenvalue weighted by molar-refractivity contribution is 0.228. The van der Waals surface area contributed by atoms with E-state index < -0.39 is 22.1 Å². The first kappa shape index (κ1) is 13.9. The Morgan fingerprint density at radius 1 is 1.16 bits per heavy atom. The number of carbonyl (C=O) groups is 1. The highest BCUT2D eigenvalue weighted by Crippen LogP contribution is 2.33. The third-order valence-corrected chi connectivity index (χ3v) is 5.12. The molecule has 6 heteroatoms. The average Bonchev–Trinajstić information content (AvgIpc) is 2.26. The van der Waals surface area contributed by atoms with Crippen molar-refractivity contribution in [1.82, 2.24) is 4.31 Å². The van der Waals surface area contributed by atoms with Crippen molar-refractivity contribution >= 4 is 21.7 Å². The lowest BCUT2D eigenvalue weighted by Crippen LogP contribution is -2.47. The Hall–Kier alpha value is -1.56. The largest absolute Gasteiger partial charge is 0.336 e. The molecule has 0 unspecified atom stereocenters. The summed E-state index contributed by atoms with van der Waals surface area (Å²) in [5.74, 6) is 0.227. The van der Waals surface area contributed by atoms with Crippen LogP contribution in [0, 0.1) is 0 Å². The molecule has 5 nitrogen and oxygen atoms in total. The molecule has 2 amide bonds. The Labute approximate surface area is 113 Å². The van der Waals surface area contributed by atoms with Gasteiger partial charge in [-0.05, 0) is 37.5 Å². The van der Waals surface area contributed by atoms with Crippen LogP contribution in [0.15, 0.2) is 23.1 Å². The number of nitrogens with zero attached hydrogens (tertiary/aromatic N) is 1. The minimum Gasteiger partial charge on any atom is -0.306 e. The third kappa shape index (κ3) is 2.20. The minimum absolute atomic E-state index is 0.173. The van der Waals surface area contributed by atoms with Crippen molar-refractivity contribution in [3.8, 4) is 0 Å². The van der Waals surface area contributed by atoms with Gasteiger partial charge in [0.2, 0.25) is 0 Å². The summed E-state index contributed by atoms with van der Waals surface area (Å²) in [6.07, 6.45) is 0. The summed E-state index contributed by atoms with van der Waals surface area (Å²) < 4.78 is 25.9. The number of rotatable bonds is 2. The van der Waals surface area contributed by atoms with Crippen molar-refractivity contribution in [3.63, 3.8) is 0 Å². The topological polar surface area (TPSA) is 66.5 Å². The second-order valence-electron chi connectivity index (χ2n) is 5.24. The Morgan fingerprint density at radius 3 is 2.32 bits per heavy atom. The normalized spacial score (nSPS) is 17.6. The van der Waals surface area contributed by atoms with Crippen molar-refractivity contribution < 1.29 is 13.2 Å². The summed E-state index contributed by atoms with van der Waals surface area (Å²) in [5, 5.41) is 2.62. The molecule has 0 saturated heterocycles. The summed E-state index contributed by atoms with van der Waals surface area (Å²) in [5.41, 5.74) is 1.29. The van der Waals surface area contributed by atoms with Crippen molar-refractivity contribution in [2.24, 2.45) is 0 Å². The van der Waals surface area contributed by atoms with Crippen molar-refractivity contribution in [3.05, 3.63) is 23.8 Å². The van der Waals surface area contributed by atoms with Crippen LogP contribution in [0.5, 0.6) is 0 Å². The molecule has 2 rings (SSSR count). The number of hydrogen-bond acceptors (Lipinski definition) is 3. The Morgan fingerprint density at radius 2 is 1.79 bits per heavy atom. The van der Waals surface area contributed by atoms with Crippen LogP contribution in [0.2, 0.25) is 0 Å². The first-order valence-electron chi connectivity index (χ1n) is 6.24. The number of nitrogens with one attached hydrogen (secondary N) is 1. The number of amides is 2. The van der Waals surface area contributed by atoms with Crippen LogP contribution in [-0.2, 0) is 10.0 Å². The van der Waals surface area contributed by atoms with Gasteiger partial charge in [0.15, 0.2) is 0 Å². The molecule has 0 bridgehead atoms. The highest BCUT2D eigenvalue weighted by Gasteiger charge is 2.38. The van der Waals surface area contributed by atoms with Gasteiger partial charge >= 0.3 is 6.03 Å². The molecule has 0 fully saturated rings. The van der Waals surface area contributed by atoms with Crippen LogP contribution >= 0.6 is 0 Å². The summed E-state index contributed by atoms with van der Waals surface area (Å²) in [6, 6.07) is 4.12. The van der Waals surface area contributed by atoms with E-state index in [2.05, 4.69) is 5.32 Å². The summed E-state index contributed by atoms with van der Waals surface area (Å²) >= 11 is 0. The highest BCUT2D eigenvalue weighted by molar-refractivity contribution is 7.90. The average molecular weight is 282 g/mol. The van der Waals surface area contributed by atoms with E-state index >= 15 is 0 Å². The monoisotopic (exact) mass is 282 g/mol. The van der Waals surface area contributed by atoms with E-state index in [0.717, 1.165) is 9.87 Å². The van der Waals surface area contributed by atoms with Gasteiger partial charge in [-0.1, -0.05) is 19.9 Å². The molecule has 0 radical (unpaired) electrons. The Balaban J connectivity index is 2.64. The lowest BCUT2D eigenvalue weighted by atomic mass is 10.0. The van der Waals surface area contributed by atoms with Crippen LogP contribution in [-0.4, -0.2) is 24.8 Å². The molecule has 104 valence electrons. The SMILES string of the molecule is CC(C)c1ccc2c(c1)S(=O)(=O)N(C(C)C)C(=O)N2. The summed E-state index contributed by atoms with van der Waals surface area (Å²) in [4.78, 5) is 12.0. The molecule has 1 aliphatic heterocycles. The number of sulfonamides is 1. The quantitative estimate of drug-likeness (QED) is 0.907. The van der Waals surface area contributed by atoms with Crippen LogP contribution in [0.1, 0.15) is 39.2 Å². The zero-order chi connectivity index (χ0) is 14.4. The van der Waals surface area contributed by atoms with Crippen molar-refractivity contribution in [2.45, 2.75) is 44.6 Å². The zero-order valence-electron chi connectivity index (χ0n) is 11.5. The highest BCUT2D eigenvalue weighted by atomic mass is 32.2. The fourth-order valence-corrected chi connectivity index (χ4v) is 3.83. The van der Waals surface area contributed by atoms with E-state index in [1.165, 1.54) is 0 Å². The number of hydrogen-bond donors (Lipinski definition) is 1. The van der Waals surface area contributed by atoms with Gasteiger partial charge in [0.25, 0.3) is 10.0 Å². The zero-order valence-corrected chi connectivity index (χ0v) is 12.3. The smallest absolute Gasteiger partial charge is 0.306 e. The van der Waals surface area contributed by atoms with E-state index in [-0.39, 0.29) is 10.8 Å². The van der Waals surface area contributed by atoms with Crippen LogP contribution in [0.4, 0.5) is 10.5 Å². The first-order valence-corrected chi connectivity index (χ1v) is 7.68. The minimum atomic E-state index is -3.77. The van der Waals surface area contributed by atoms with E-state index in [1.54, 1.807) is 26.0 Å². The van der Waals surface area contributed by atoms with E-state index in [1.807, 2.05) is 19.9 Å². The van der Waals surface area contributed by atoms with Gasteiger partial charge in [-0.25, -0.2) is 17.5 Å². The molecule has 0 aliphatic carbocycles. The fourth-order valence-electron chi connectivity index (χ4n) is 2.11. The van der Waals surface area contributed by atoms with E-state index in [9.17, 15) is 13.2 Å². The summed E-state index contributed by atoms with van der Waals surface area (Å²) in [7, 11) is -3.77. The number of carbonyl (C=O) groups excluding carboxylic acids is 1. The number of urea groups is 1. The number of anilines is 1. The van der Waals surface area contributed by atoms with Gasteiger partial charge in [-0.15, -0.1) is 0 Å². The van der Waals surface area contributed by atoms with Gasteiger partial charge in [0.1, 0.15) is 4.90 Å². The Bertz CT molecular complexity index is 621. The molecule has 0 spiro atoms. The molecule has 19 heavy (non-hydrogen) atoms. The van der Waals surface area contributed by atoms with Gasteiger partial charge < -0.3 is 5.32 Å². The van der Waals surface area contributed by atoms with E-state index in [4.69, 9.17) is 0 Å². The third-order valence-electron chi connectivity index (χ3n) is 3.12. The maximum atomic E-state index is 12.5. The maximum Gasteiger partial charge on any atom is 0.336 e.